The fourth-order valence-corrected chi connectivity index (χ4v) is 5.58. The van der Waals surface area contributed by atoms with E-state index >= 15 is 0 Å². The number of carbonyl (C=O) groups excluding carboxylic acids is 4. The lowest BCUT2D eigenvalue weighted by atomic mass is 9.94. The van der Waals surface area contributed by atoms with Crippen LogP contribution in [0.1, 0.15) is 65.3 Å². The van der Waals surface area contributed by atoms with Gasteiger partial charge in [-0.05, 0) is 70.2 Å². The predicted molar refractivity (Wildman–Crippen MR) is 194 cm³/mol. The summed E-state index contributed by atoms with van der Waals surface area (Å²) < 4.78 is 57.3. The van der Waals surface area contributed by atoms with Crippen molar-refractivity contribution in [2.45, 2.75) is 109 Å². The molecule has 1 unspecified atom stereocenters. The molecule has 0 radical (unpaired) electrons. The van der Waals surface area contributed by atoms with Gasteiger partial charge in [-0.15, -0.1) is 5.10 Å². The maximum absolute atomic E-state index is 14.5. The van der Waals surface area contributed by atoms with Gasteiger partial charge in [0.15, 0.2) is 0 Å². The van der Waals surface area contributed by atoms with Crippen LogP contribution in [0.15, 0.2) is 60.8 Å². The van der Waals surface area contributed by atoms with Gasteiger partial charge in [0, 0.05) is 19.2 Å². The summed E-state index contributed by atoms with van der Waals surface area (Å²) in [6.45, 7) is 11.6. The van der Waals surface area contributed by atoms with Crippen molar-refractivity contribution in [3.05, 3.63) is 77.6 Å². The number of alkyl halides is 3. The fraction of sp³-hybridized carbons (Fsp3) is 0.526. The van der Waals surface area contributed by atoms with E-state index in [1.165, 1.54) is 16.7 Å². The van der Waals surface area contributed by atoms with Gasteiger partial charge < -0.3 is 34.9 Å². The third-order valence-corrected chi connectivity index (χ3v) is 8.68. The van der Waals surface area contributed by atoms with Crippen LogP contribution in [-0.2, 0) is 49.8 Å². The van der Waals surface area contributed by atoms with Gasteiger partial charge in [0.2, 0.25) is 11.8 Å². The molecule has 17 heteroatoms. The molecule has 3 amide bonds. The number of carbonyl (C=O) groups is 4. The van der Waals surface area contributed by atoms with E-state index in [9.17, 15) is 37.5 Å². The number of aliphatic hydroxyl groups is 1. The highest BCUT2D eigenvalue weighted by atomic mass is 19.4. The molecule has 14 nitrogen and oxygen atoms in total. The number of nitrogens with one attached hydrogen (secondary N) is 2. The van der Waals surface area contributed by atoms with Gasteiger partial charge in [-0.3, -0.25) is 14.3 Å². The van der Waals surface area contributed by atoms with Crippen LogP contribution >= 0.6 is 0 Å². The van der Waals surface area contributed by atoms with E-state index < -0.39 is 71.2 Å². The Bertz CT molecular complexity index is 1760. The van der Waals surface area contributed by atoms with Gasteiger partial charge >= 0.3 is 18.2 Å². The second-order valence-electron chi connectivity index (χ2n) is 15.0. The highest BCUT2D eigenvalue weighted by molar-refractivity contribution is 5.94. The van der Waals surface area contributed by atoms with Crippen molar-refractivity contribution in [2.24, 2.45) is 5.92 Å². The Hall–Kier alpha value is -5.19. The van der Waals surface area contributed by atoms with Crippen molar-refractivity contribution in [1.29, 1.82) is 0 Å². The summed E-state index contributed by atoms with van der Waals surface area (Å²) in [4.78, 5) is 55.1. The molecular weight excluding hydrogens is 725 g/mol. The number of alkyl carbamates (subject to hydrolysis) is 1. The standard InChI is InChI=1S/C38H51F3N6O8/c1-24(2)30(43-34(51)55-35(3,4)5)31(48)47(21-26-15-17-29(53-8)18-16-26)36(6,7)32(49)42-27(19-25-13-11-10-12-14-25)22-46-23-28(44-45-46)20-37(52,33(50)54-9)38(39,40)41/h10-18,23-24,27,30,52H,19-22H2,1-9H3,(H,42,49)(H,43,51)/t27-,30+,37?/m1/s1. The Morgan fingerprint density at radius 1 is 0.909 bits per heavy atom. The van der Waals surface area contributed by atoms with E-state index in [1.54, 1.807) is 84.9 Å². The number of hydrogen-bond donors (Lipinski definition) is 3. The van der Waals surface area contributed by atoms with Gasteiger partial charge in [0.05, 0.1) is 32.5 Å². The van der Waals surface area contributed by atoms with E-state index in [4.69, 9.17) is 9.47 Å². The minimum atomic E-state index is -5.37. The SMILES string of the molecule is COC(=O)C(O)(Cc1cn(C[C@@H](Cc2ccccc2)NC(=O)C(C)(C)N(Cc2ccc(OC)cc2)C(=O)[C@@H](NC(=O)OC(C)(C)C)C(C)C)nn1)C(F)(F)F. The van der Waals surface area contributed by atoms with Gasteiger partial charge in [-0.25, -0.2) is 9.59 Å². The van der Waals surface area contributed by atoms with Crippen LogP contribution < -0.4 is 15.4 Å². The monoisotopic (exact) mass is 776 g/mol. The summed E-state index contributed by atoms with van der Waals surface area (Å²) in [5.74, 6) is -2.88. The summed E-state index contributed by atoms with van der Waals surface area (Å²) in [6.07, 6.45) is -6.08. The minimum absolute atomic E-state index is 0.0411. The van der Waals surface area contributed by atoms with Gasteiger partial charge in [0.1, 0.15) is 22.9 Å². The first-order valence-corrected chi connectivity index (χ1v) is 17.6. The summed E-state index contributed by atoms with van der Waals surface area (Å²) in [6, 6.07) is 14.1. The number of esters is 1. The van der Waals surface area contributed by atoms with E-state index in [0.29, 0.717) is 11.3 Å². The molecule has 0 spiro atoms. The molecule has 3 rings (SSSR count). The Labute approximate surface area is 318 Å². The van der Waals surface area contributed by atoms with E-state index in [0.717, 1.165) is 18.9 Å². The molecule has 0 bridgehead atoms. The van der Waals surface area contributed by atoms with Crippen LogP contribution in [0, 0.1) is 5.92 Å². The minimum Gasteiger partial charge on any atom is -0.497 e. The number of ether oxygens (including phenoxy) is 3. The molecule has 0 saturated carbocycles. The average Bonchev–Trinajstić information content (AvgIpc) is 3.53. The number of aromatic nitrogens is 3. The molecule has 55 heavy (non-hydrogen) atoms. The fourth-order valence-electron chi connectivity index (χ4n) is 5.58. The van der Waals surface area contributed by atoms with E-state index in [2.05, 4.69) is 25.7 Å². The topological polar surface area (TPSA) is 174 Å². The molecule has 1 heterocycles. The molecule has 302 valence electrons. The second-order valence-corrected chi connectivity index (χ2v) is 15.0. The number of methoxy groups -OCH3 is 2. The smallest absolute Gasteiger partial charge is 0.428 e. The zero-order valence-corrected chi connectivity index (χ0v) is 32.6. The Balaban J connectivity index is 1.99. The van der Waals surface area contributed by atoms with E-state index in [1.807, 2.05) is 18.2 Å². The number of halogens is 3. The van der Waals surface area contributed by atoms with Crippen LogP contribution in [0.4, 0.5) is 18.0 Å². The maximum atomic E-state index is 14.5. The molecule has 0 aliphatic rings. The lowest BCUT2D eigenvalue weighted by molar-refractivity contribution is -0.261. The number of benzene rings is 2. The molecule has 3 N–H and O–H groups in total. The van der Waals surface area contributed by atoms with Gasteiger partial charge in [0.25, 0.3) is 5.60 Å². The van der Waals surface area contributed by atoms with Gasteiger partial charge in [-0.2, -0.15) is 13.2 Å². The first kappa shape index (κ1) is 44.2. The van der Waals surface area contributed by atoms with Crippen molar-refractivity contribution in [3.63, 3.8) is 0 Å². The van der Waals surface area contributed by atoms with Crippen LogP contribution in [0.3, 0.4) is 0 Å². The molecule has 0 fully saturated rings. The van der Waals surface area contributed by atoms with Crippen molar-refractivity contribution >= 4 is 23.9 Å². The molecular formula is C38H51F3N6O8. The number of nitrogens with zero attached hydrogens (tertiary/aromatic N) is 4. The summed E-state index contributed by atoms with van der Waals surface area (Å²) in [7, 11) is 2.24. The maximum Gasteiger partial charge on any atom is 0.428 e. The predicted octanol–water partition coefficient (Wildman–Crippen LogP) is 4.38. The number of amides is 3. The normalized spacial score (nSPS) is 14.3. The lowest BCUT2D eigenvalue weighted by Gasteiger charge is -2.41. The summed E-state index contributed by atoms with van der Waals surface area (Å²) in [5, 5.41) is 23.6. The average molecular weight is 777 g/mol. The molecule has 2 aromatic carbocycles. The second kappa shape index (κ2) is 18.0. The Morgan fingerprint density at radius 2 is 1.53 bits per heavy atom. The van der Waals surface area contributed by atoms with Crippen LogP contribution in [-0.4, -0.2) is 98.1 Å². The summed E-state index contributed by atoms with van der Waals surface area (Å²) >= 11 is 0. The Morgan fingerprint density at radius 3 is 2.05 bits per heavy atom. The van der Waals surface area contributed by atoms with Crippen LogP contribution in [0.25, 0.3) is 0 Å². The zero-order chi connectivity index (χ0) is 41.4. The van der Waals surface area contributed by atoms with Crippen LogP contribution in [0.2, 0.25) is 0 Å². The third kappa shape index (κ3) is 11.9. The molecule has 0 aliphatic heterocycles. The highest BCUT2D eigenvalue weighted by Crippen LogP contribution is 2.34. The van der Waals surface area contributed by atoms with Crippen molar-refractivity contribution < 1.29 is 51.7 Å². The highest BCUT2D eigenvalue weighted by Gasteiger charge is 2.61. The first-order chi connectivity index (χ1) is 25.5. The molecule has 0 saturated heterocycles. The van der Waals surface area contributed by atoms with Crippen molar-refractivity contribution in [2.75, 3.05) is 14.2 Å². The van der Waals surface area contributed by atoms with Crippen molar-refractivity contribution in [3.8, 4) is 5.75 Å². The molecule has 3 aromatic rings. The molecule has 0 aliphatic carbocycles. The number of hydrogen-bond acceptors (Lipinski definition) is 10. The molecule has 1 aromatic heterocycles. The summed E-state index contributed by atoms with van der Waals surface area (Å²) in [5.41, 5.74) is -5.16. The lowest BCUT2D eigenvalue weighted by Crippen LogP contribution is -2.63. The quantitative estimate of drug-likeness (QED) is 0.177. The largest absolute Gasteiger partial charge is 0.497 e. The Kier molecular flexibility index (Phi) is 14.4. The van der Waals surface area contributed by atoms with Crippen molar-refractivity contribution in [1.82, 2.24) is 30.5 Å². The number of rotatable bonds is 16. The third-order valence-electron chi connectivity index (χ3n) is 8.68. The first-order valence-electron chi connectivity index (χ1n) is 17.6. The van der Waals surface area contributed by atoms with E-state index in [-0.39, 0.29) is 25.2 Å². The van der Waals surface area contributed by atoms with Gasteiger partial charge in [-0.1, -0.05) is 61.5 Å². The molecule has 3 atom stereocenters. The zero-order valence-electron chi connectivity index (χ0n) is 32.6. The van der Waals surface area contributed by atoms with Crippen LogP contribution in [0.5, 0.6) is 5.75 Å².